The summed E-state index contributed by atoms with van der Waals surface area (Å²) in [4.78, 5) is 17.8. The van der Waals surface area contributed by atoms with Gasteiger partial charge >= 0.3 is 0 Å². The molecule has 0 bridgehead atoms. The van der Waals surface area contributed by atoms with Crippen LogP contribution in [0.3, 0.4) is 0 Å². The first-order valence-corrected chi connectivity index (χ1v) is 7.92. The normalized spacial score (nSPS) is 16.7. The molecule has 0 saturated carbocycles. The first-order chi connectivity index (χ1) is 11.1. The number of carbonyl (C=O) groups excluding carboxylic acids is 1. The van der Waals surface area contributed by atoms with Gasteiger partial charge in [-0.25, -0.2) is 4.98 Å². The molecule has 2 aliphatic rings. The van der Waals surface area contributed by atoms with Crippen molar-refractivity contribution in [2.75, 3.05) is 0 Å². The van der Waals surface area contributed by atoms with Gasteiger partial charge in [0.2, 0.25) is 0 Å². The van der Waals surface area contributed by atoms with Crippen LogP contribution in [0.15, 0.2) is 60.4 Å². The summed E-state index contributed by atoms with van der Waals surface area (Å²) in [6, 6.07) is 2.97. The van der Waals surface area contributed by atoms with Crippen molar-refractivity contribution in [1.29, 1.82) is 0 Å². The van der Waals surface area contributed by atoms with E-state index in [-0.39, 0.29) is 16.2 Å². The number of hydrogen-bond donors (Lipinski definition) is 0. The van der Waals surface area contributed by atoms with Crippen molar-refractivity contribution in [3.63, 3.8) is 0 Å². The molecule has 23 heavy (non-hydrogen) atoms. The highest BCUT2D eigenvalue weighted by Crippen LogP contribution is 2.24. The maximum absolute atomic E-state index is 12.5. The van der Waals surface area contributed by atoms with Crippen LogP contribution in [-0.4, -0.2) is 15.8 Å². The largest absolute Gasteiger partial charge is 0.466 e. The first-order valence-electron chi connectivity index (χ1n) is 7.16. The molecule has 4 nitrogen and oxygen atoms in total. The lowest BCUT2D eigenvalue weighted by Crippen LogP contribution is -2.23. The summed E-state index contributed by atoms with van der Waals surface area (Å²) in [5.41, 5.74) is 1.65. The number of halogens is 2. The van der Waals surface area contributed by atoms with Crippen molar-refractivity contribution < 1.29 is 9.53 Å². The quantitative estimate of drug-likeness (QED) is 0.734. The van der Waals surface area contributed by atoms with E-state index >= 15 is 0 Å². The van der Waals surface area contributed by atoms with E-state index < -0.39 is 0 Å². The third-order valence-electron chi connectivity index (χ3n) is 3.47. The minimum absolute atomic E-state index is 0.182. The highest BCUT2D eigenvalue weighted by Gasteiger charge is 2.18. The van der Waals surface area contributed by atoms with Gasteiger partial charge < -0.3 is 4.74 Å². The maximum Gasteiger partial charge on any atom is 0.262 e. The number of pyridine rings is 1. The maximum atomic E-state index is 12.5. The summed E-state index contributed by atoms with van der Waals surface area (Å²) >= 11 is 11.7. The highest BCUT2D eigenvalue weighted by atomic mass is 35.5. The second-order valence-corrected chi connectivity index (χ2v) is 5.96. The van der Waals surface area contributed by atoms with Gasteiger partial charge in [-0.1, -0.05) is 47.0 Å². The summed E-state index contributed by atoms with van der Waals surface area (Å²) < 4.78 is 5.50. The van der Waals surface area contributed by atoms with Gasteiger partial charge in [0.1, 0.15) is 22.3 Å². The van der Waals surface area contributed by atoms with Crippen LogP contribution in [0.4, 0.5) is 0 Å². The van der Waals surface area contributed by atoms with Crippen LogP contribution in [0, 0.1) is 0 Å². The molecular formula is C17H14Cl2N2O2. The average molecular weight is 349 g/mol. The Kier molecular flexibility index (Phi) is 4.84. The standard InChI is InChI=1S/C17H14Cl2N2O2/c18-15-9-13(10-16(19)20-15)17(22)21-6-7-23-14(11-21)8-12-4-2-1-3-5-12/h1-2,4,6-7,9-11H,3,5,8H2. The second kappa shape index (κ2) is 7.02. The fraction of sp³-hybridized carbons (Fsp3) is 0.176. The van der Waals surface area contributed by atoms with Crippen molar-refractivity contribution in [3.8, 4) is 0 Å². The lowest BCUT2D eigenvalue weighted by molar-refractivity contribution is 0.0853. The van der Waals surface area contributed by atoms with E-state index in [0.717, 1.165) is 12.8 Å². The van der Waals surface area contributed by atoms with E-state index in [1.54, 1.807) is 12.4 Å². The van der Waals surface area contributed by atoms with E-state index in [0.29, 0.717) is 17.7 Å². The molecule has 0 saturated heterocycles. The van der Waals surface area contributed by atoms with Gasteiger partial charge in [-0.05, 0) is 25.0 Å². The summed E-state index contributed by atoms with van der Waals surface area (Å²) in [5, 5.41) is 0.364. The van der Waals surface area contributed by atoms with Crippen LogP contribution in [-0.2, 0) is 4.74 Å². The van der Waals surface area contributed by atoms with Crippen LogP contribution in [0.5, 0.6) is 0 Å². The Hall–Kier alpha value is -2.04. The van der Waals surface area contributed by atoms with Gasteiger partial charge in [0.15, 0.2) is 0 Å². The van der Waals surface area contributed by atoms with Crippen molar-refractivity contribution >= 4 is 29.1 Å². The van der Waals surface area contributed by atoms with E-state index in [2.05, 4.69) is 17.1 Å². The fourth-order valence-corrected chi connectivity index (χ4v) is 2.85. The zero-order valence-electron chi connectivity index (χ0n) is 12.2. The zero-order valence-corrected chi connectivity index (χ0v) is 13.7. The molecule has 0 spiro atoms. The molecule has 0 unspecified atom stereocenters. The summed E-state index contributed by atoms with van der Waals surface area (Å²) in [6.07, 6.45) is 13.7. The van der Waals surface area contributed by atoms with Gasteiger partial charge in [0, 0.05) is 18.2 Å². The molecule has 0 aromatic carbocycles. The van der Waals surface area contributed by atoms with Gasteiger partial charge in [-0.15, -0.1) is 0 Å². The van der Waals surface area contributed by atoms with Gasteiger partial charge in [0.25, 0.3) is 5.91 Å². The third-order valence-corrected chi connectivity index (χ3v) is 3.86. The smallest absolute Gasteiger partial charge is 0.262 e. The van der Waals surface area contributed by atoms with E-state index in [1.807, 2.05) is 6.08 Å². The lowest BCUT2D eigenvalue weighted by Gasteiger charge is -2.21. The minimum atomic E-state index is -0.245. The molecule has 0 radical (unpaired) electrons. The van der Waals surface area contributed by atoms with Gasteiger partial charge in [-0.3, -0.25) is 9.69 Å². The predicted molar refractivity (Wildman–Crippen MR) is 89.8 cm³/mol. The predicted octanol–water partition coefficient (Wildman–Crippen LogP) is 4.84. The molecule has 0 atom stereocenters. The van der Waals surface area contributed by atoms with E-state index in [1.165, 1.54) is 28.9 Å². The molecular weight excluding hydrogens is 335 g/mol. The van der Waals surface area contributed by atoms with Crippen molar-refractivity contribution in [2.45, 2.75) is 19.3 Å². The van der Waals surface area contributed by atoms with Crippen molar-refractivity contribution in [1.82, 2.24) is 9.88 Å². The van der Waals surface area contributed by atoms with Gasteiger partial charge in [0.05, 0.1) is 6.20 Å². The summed E-state index contributed by atoms with van der Waals surface area (Å²) in [7, 11) is 0. The average Bonchev–Trinajstić information content (AvgIpc) is 2.54. The number of nitrogens with zero attached hydrogens (tertiary/aromatic N) is 2. The Labute approximate surface area is 144 Å². The Morgan fingerprint density at radius 2 is 2.09 bits per heavy atom. The van der Waals surface area contributed by atoms with Crippen LogP contribution in [0.25, 0.3) is 0 Å². The van der Waals surface area contributed by atoms with Crippen LogP contribution in [0.2, 0.25) is 10.3 Å². The first kappa shape index (κ1) is 15.8. The molecule has 1 amide bonds. The van der Waals surface area contributed by atoms with E-state index in [4.69, 9.17) is 27.9 Å². The van der Waals surface area contributed by atoms with Crippen LogP contribution in [0.1, 0.15) is 29.6 Å². The van der Waals surface area contributed by atoms with E-state index in [9.17, 15) is 4.79 Å². The molecule has 1 aliphatic heterocycles. The zero-order chi connectivity index (χ0) is 16.2. The molecule has 1 aromatic heterocycles. The third kappa shape index (κ3) is 4.03. The minimum Gasteiger partial charge on any atom is -0.466 e. The molecule has 6 heteroatoms. The molecule has 2 heterocycles. The number of aromatic nitrogens is 1. The SMILES string of the molecule is O=C(c1cc(Cl)nc(Cl)c1)N1C=COC(CC2=CC=CCC2)=C1. The number of amides is 1. The Bertz CT molecular complexity index is 731. The molecule has 118 valence electrons. The molecule has 1 aliphatic carbocycles. The fourth-order valence-electron chi connectivity index (χ4n) is 2.39. The molecule has 0 fully saturated rings. The number of allylic oxidation sites excluding steroid dienone is 4. The number of ether oxygens (including phenoxy) is 1. The highest BCUT2D eigenvalue weighted by molar-refractivity contribution is 6.33. The Morgan fingerprint density at radius 3 is 2.78 bits per heavy atom. The summed E-state index contributed by atoms with van der Waals surface area (Å²) in [5.74, 6) is 0.472. The van der Waals surface area contributed by atoms with Crippen LogP contribution >= 0.6 is 23.2 Å². The second-order valence-electron chi connectivity index (χ2n) is 5.18. The van der Waals surface area contributed by atoms with Crippen LogP contribution < -0.4 is 0 Å². The molecule has 1 aromatic rings. The number of rotatable bonds is 3. The Balaban J connectivity index is 1.77. The molecule has 0 N–H and O–H groups in total. The topological polar surface area (TPSA) is 42.4 Å². The Morgan fingerprint density at radius 1 is 1.30 bits per heavy atom. The number of carbonyl (C=O) groups is 1. The molecule has 3 rings (SSSR count). The monoisotopic (exact) mass is 348 g/mol. The van der Waals surface area contributed by atoms with Crippen molar-refractivity contribution in [2.24, 2.45) is 0 Å². The summed E-state index contributed by atoms with van der Waals surface area (Å²) in [6.45, 7) is 0. The lowest BCUT2D eigenvalue weighted by atomic mass is 10.0. The van der Waals surface area contributed by atoms with Crippen molar-refractivity contribution in [3.05, 3.63) is 76.2 Å². The van der Waals surface area contributed by atoms with Gasteiger partial charge in [-0.2, -0.15) is 0 Å². The number of hydrogen-bond acceptors (Lipinski definition) is 3.